The van der Waals surface area contributed by atoms with Gasteiger partial charge in [0.25, 0.3) is 0 Å². The fourth-order valence-corrected chi connectivity index (χ4v) is 3.07. The Morgan fingerprint density at radius 2 is 0.762 bits per heavy atom. The molecule has 126 valence electrons. The van der Waals surface area contributed by atoms with E-state index in [2.05, 4.69) is 20.8 Å². The van der Waals surface area contributed by atoms with Crippen molar-refractivity contribution in [3.63, 3.8) is 0 Å². The van der Waals surface area contributed by atoms with E-state index >= 15 is 0 Å². The van der Waals surface area contributed by atoms with Crippen LogP contribution in [0.25, 0.3) is 0 Å². The maximum atomic E-state index is 3.91. The van der Waals surface area contributed by atoms with Crippen LogP contribution < -0.4 is 0 Å². The van der Waals surface area contributed by atoms with Gasteiger partial charge in [-0.3, -0.25) is 0 Å². The maximum absolute atomic E-state index is 3.91. The summed E-state index contributed by atoms with van der Waals surface area (Å²) >= 11 is 0. The second-order valence-electron chi connectivity index (χ2n) is 6.99. The third kappa shape index (κ3) is 18.0. The lowest BCUT2D eigenvalue weighted by Gasteiger charge is -2.10. The van der Waals surface area contributed by atoms with Gasteiger partial charge in [-0.25, -0.2) is 0 Å². The second kappa shape index (κ2) is 18.1. The number of hydrogen-bond acceptors (Lipinski definition) is 0. The van der Waals surface area contributed by atoms with Gasteiger partial charge >= 0.3 is 0 Å². The van der Waals surface area contributed by atoms with E-state index in [1.807, 2.05) is 0 Å². The smallest absolute Gasteiger partial charge is 0.0443 e. The zero-order valence-corrected chi connectivity index (χ0v) is 15.0. The van der Waals surface area contributed by atoms with Gasteiger partial charge in [0.2, 0.25) is 0 Å². The van der Waals surface area contributed by atoms with Gasteiger partial charge in [-0.05, 0) is 5.92 Å². The van der Waals surface area contributed by atoms with Gasteiger partial charge in [0.05, 0.1) is 0 Å². The first kappa shape index (κ1) is 21.0. The molecule has 0 amide bonds. The molecule has 0 aromatic heterocycles. The Hall–Kier alpha value is 0. The van der Waals surface area contributed by atoms with Crippen LogP contribution in [0.5, 0.6) is 0 Å². The molecule has 2 radical (unpaired) electrons. The molecule has 0 N–H and O–H groups in total. The lowest BCUT2D eigenvalue weighted by molar-refractivity contribution is 0.434. The first-order valence-corrected chi connectivity index (χ1v) is 9.89. The summed E-state index contributed by atoms with van der Waals surface area (Å²) in [5.41, 5.74) is 0. The van der Waals surface area contributed by atoms with Crippen molar-refractivity contribution in [1.29, 1.82) is 0 Å². The summed E-state index contributed by atoms with van der Waals surface area (Å²) in [7, 11) is 0. The highest BCUT2D eigenvalue weighted by atomic mass is 14.1. The van der Waals surface area contributed by atoms with E-state index in [0.717, 1.165) is 18.8 Å². The summed E-state index contributed by atoms with van der Waals surface area (Å²) in [6, 6.07) is 0. The predicted octanol–water partition coefficient (Wildman–Crippen LogP) is 7.92. The topological polar surface area (TPSA) is 0 Å². The molecule has 0 aliphatic rings. The fourth-order valence-electron chi connectivity index (χ4n) is 3.07. The van der Waals surface area contributed by atoms with Crippen molar-refractivity contribution in [3.05, 3.63) is 13.8 Å². The molecule has 0 heteroatoms. The lowest BCUT2D eigenvalue weighted by Crippen LogP contribution is -1.95. The van der Waals surface area contributed by atoms with Crippen LogP contribution in [0.4, 0.5) is 0 Å². The first-order valence-electron chi connectivity index (χ1n) is 9.89. The lowest BCUT2D eigenvalue weighted by atomic mass is 9.96. The maximum Gasteiger partial charge on any atom is -0.0443 e. The first-order chi connectivity index (χ1) is 10.3. The normalized spacial score (nSPS) is 12.7. The van der Waals surface area contributed by atoms with Crippen LogP contribution in [0.2, 0.25) is 0 Å². The van der Waals surface area contributed by atoms with Crippen molar-refractivity contribution >= 4 is 0 Å². The number of hydrogen-bond donors (Lipinski definition) is 0. The van der Waals surface area contributed by atoms with Gasteiger partial charge in [0.1, 0.15) is 0 Å². The summed E-state index contributed by atoms with van der Waals surface area (Å²) < 4.78 is 0. The van der Waals surface area contributed by atoms with Crippen LogP contribution in [-0.2, 0) is 0 Å². The summed E-state index contributed by atoms with van der Waals surface area (Å²) in [6.07, 6.45) is 23.6. The third-order valence-corrected chi connectivity index (χ3v) is 4.64. The third-order valence-electron chi connectivity index (χ3n) is 4.64. The van der Waals surface area contributed by atoms with Crippen molar-refractivity contribution in [1.82, 2.24) is 0 Å². The molecule has 0 bridgehead atoms. The molecule has 0 rings (SSSR count). The molecule has 0 saturated heterocycles. The highest BCUT2D eigenvalue weighted by Gasteiger charge is 2.01. The van der Waals surface area contributed by atoms with Crippen molar-refractivity contribution in [2.45, 2.75) is 116 Å². The molecule has 0 aliphatic heterocycles. The molecule has 1 atom stereocenters. The molecule has 0 nitrogen and oxygen atoms in total. The Balaban J connectivity index is 3.07. The summed E-state index contributed by atoms with van der Waals surface area (Å²) in [4.78, 5) is 0. The van der Waals surface area contributed by atoms with Crippen molar-refractivity contribution in [2.24, 2.45) is 5.92 Å². The number of rotatable bonds is 17. The zero-order valence-electron chi connectivity index (χ0n) is 15.0. The average molecular weight is 295 g/mol. The van der Waals surface area contributed by atoms with Crippen molar-refractivity contribution in [3.8, 4) is 0 Å². The van der Waals surface area contributed by atoms with Crippen LogP contribution >= 0.6 is 0 Å². The van der Waals surface area contributed by atoms with Crippen LogP contribution in [-0.4, -0.2) is 0 Å². The molecule has 0 heterocycles. The molecule has 0 aromatic rings. The Kier molecular flexibility index (Phi) is 18.1. The quantitative estimate of drug-likeness (QED) is 0.239. The van der Waals surface area contributed by atoms with Gasteiger partial charge in [-0.15, -0.1) is 0 Å². The van der Waals surface area contributed by atoms with Crippen molar-refractivity contribution < 1.29 is 0 Å². The minimum absolute atomic E-state index is 0.947. The van der Waals surface area contributed by atoms with E-state index in [1.165, 1.54) is 96.3 Å². The van der Waals surface area contributed by atoms with Gasteiger partial charge < -0.3 is 0 Å². The van der Waals surface area contributed by atoms with Gasteiger partial charge in [-0.1, -0.05) is 130 Å². The summed E-state index contributed by atoms with van der Waals surface area (Å²) in [5.74, 6) is 0.947. The van der Waals surface area contributed by atoms with Crippen LogP contribution in [0.15, 0.2) is 0 Å². The van der Waals surface area contributed by atoms with E-state index in [0.29, 0.717) is 0 Å². The molecule has 0 saturated carbocycles. The fraction of sp³-hybridized carbons (Fsp3) is 0.905. The monoisotopic (exact) mass is 294 g/mol. The highest BCUT2D eigenvalue weighted by Crippen LogP contribution is 2.18. The summed E-state index contributed by atoms with van der Waals surface area (Å²) in [6.45, 7) is 10.2. The highest BCUT2D eigenvalue weighted by molar-refractivity contribution is 4.56. The zero-order chi connectivity index (χ0) is 15.6. The molecule has 0 spiro atoms. The van der Waals surface area contributed by atoms with E-state index in [9.17, 15) is 0 Å². The molecule has 21 heavy (non-hydrogen) atoms. The van der Waals surface area contributed by atoms with Crippen LogP contribution in [0, 0.1) is 19.8 Å². The minimum Gasteiger partial charge on any atom is -0.0625 e. The molecule has 0 fully saturated rings. The minimum atomic E-state index is 0.947. The van der Waals surface area contributed by atoms with Crippen molar-refractivity contribution in [2.75, 3.05) is 0 Å². The molecular formula is C21H42. The Morgan fingerprint density at radius 1 is 0.476 bits per heavy atom. The number of unbranched alkanes of at least 4 members (excludes halogenated alkanes) is 13. The van der Waals surface area contributed by atoms with Gasteiger partial charge in [0.15, 0.2) is 0 Å². The average Bonchev–Trinajstić information content (AvgIpc) is 2.49. The SMILES string of the molecule is [CH2]CCCCCCCCCCCCC(C)CCCCC[CH2]. The van der Waals surface area contributed by atoms with Gasteiger partial charge in [0, 0.05) is 0 Å². The van der Waals surface area contributed by atoms with E-state index < -0.39 is 0 Å². The predicted molar refractivity (Wildman–Crippen MR) is 98.4 cm³/mol. The van der Waals surface area contributed by atoms with E-state index in [4.69, 9.17) is 0 Å². The standard InChI is InChI=1S/C21H42/c1-4-6-8-10-11-12-13-14-15-16-18-20-21(3)19-17-9-7-5-2/h21H,1-2,4-20H2,3H3. The Bertz CT molecular complexity index is 173. The van der Waals surface area contributed by atoms with Gasteiger partial charge in [-0.2, -0.15) is 0 Å². The summed E-state index contributed by atoms with van der Waals surface area (Å²) in [5, 5.41) is 0. The Labute approximate surface area is 136 Å². The Morgan fingerprint density at radius 3 is 1.14 bits per heavy atom. The molecule has 0 aliphatic carbocycles. The molecular weight excluding hydrogens is 252 g/mol. The molecule has 0 aromatic carbocycles. The largest absolute Gasteiger partial charge is 0.0625 e. The second-order valence-corrected chi connectivity index (χ2v) is 6.99. The van der Waals surface area contributed by atoms with E-state index in [-0.39, 0.29) is 0 Å². The van der Waals surface area contributed by atoms with Crippen LogP contribution in [0.3, 0.4) is 0 Å². The molecule has 1 unspecified atom stereocenters. The van der Waals surface area contributed by atoms with E-state index in [1.54, 1.807) is 0 Å². The van der Waals surface area contributed by atoms with Crippen LogP contribution in [0.1, 0.15) is 116 Å².